The maximum atomic E-state index is 14.9. The van der Waals surface area contributed by atoms with Crippen LogP contribution in [0.2, 0.25) is 20.1 Å². The molecule has 1 unspecified atom stereocenters. The second-order valence-corrected chi connectivity index (χ2v) is 17.7. The molecular formula is C48H38Cl4F6N4O3. The van der Waals surface area contributed by atoms with Gasteiger partial charge in [0.25, 0.3) is 0 Å². The predicted octanol–water partition coefficient (Wildman–Crippen LogP) is 14.7. The summed E-state index contributed by atoms with van der Waals surface area (Å²) in [4.78, 5) is 30.8. The van der Waals surface area contributed by atoms with Gasteiger partial charge in [-0.3, -0.25) is 19.6 Å². The van der Waals surface area contributed by atoms with E-state index in [0.29, 0.717) is 41.8 Å². The van der Waals surface area contributed by atoms with Gasteiger partial charge in [0.2, 0.25) is 5.72 Å². The zero-order chi connectivity index (χ0) is 47.4. The molecule has 6 aromatic rings. The van der Waals surface area contributed by atoms with Gasteiger partial charge in [0.15, 0.2) is 11.1 Å². The van der Waals surface area contributed by atoms with Crippen LogP contribution in [0.25, 0.3) is 0 Å². The number of benzene rings is 6. The minimum absolute atomic E-state index is 0.0559. The lowest BCUT2D eigenvalue weighted by Crippen LogP contribution is -2.66. The zero-order valence-corrected chi connectivity index (χ0v) is 37.8. The molecule has 2 aliphatic heterocycles. The molecule has 1 N–H and O–H groups in total. The standard InChI is InChI=1S/C24H19Cl2F3N2O2.C24H19Cl2F3N2O/c1-15-4-3-5-16(14-15)23(33)22(2,24(27,28)29)30(19-10-6-17(25)7-11-19)21(32)31(23)20-12-8-18(26)9-13-20;1-15-4-3-5-16(14-15)21-23(2,24(27,28)29)31(20-12-8-18(26)9-13-20)22(32)30(21)19-10-6-17(25)7-11-19/h3-14,33H,1-2H3;3-14,21H,1-2H3/t22-,23?;21-,23-/m11/s1. The van der Waals surface area contributed by atoms with Crippen LogP contribution in [0, 0.1) is 13.8 Å². The Balaban J connectivity index is 0.000000194. The van der Waals surface area contributed by atoms with Crippen molar-refractivity contribution in [2.24, 2.45) is 0 Å². The summed E-state index contributed by atoms with van der Waals surface area (Å²) in [5.74, 6) is 0. The van der Waals surface area contributed by atoms with E-state index >= 15 is 0 Å². The molecule has 17 heteroatoms. The van der Waals surface area contributed by atoms with Crippen LogP contribution in [0.5, 0.6) is 0 Å². The van der Waals surface area contributed by atoms with Crippen LogP contribution in [-0.4, -0.2) is 40.6 Å². The molecule has 0 saturated carbocycles. The first-order valence-corrected chi connectivity index (χ1v) is 21.3. The predicted molar refractivity (Wildman–Crippen MR) is 244 cm³/mol. The van der Waals surface area contributed by atoms with Crippen LogP contribution in [0.1, 0.15) is 42.1 Å². The SMILES string of the molecule is Cc1cccc(C2(O)N(c3ccc(Cl)cc3)C(=O)N(c3ccc(Cl)cc3)[C@@]2(C)C(F)(F)F)c1.Cc1cccc([C@H]2N(c3ccc(Cl)cc3)C(=O)N(c3ccc(Cl)cc3)[C@@]2(C)C(F)(F)F)c1. The van der Waals surface area contributed by atoms with Crippen molar-refractivity contribution in [1.82, 2.24) is 0 Å². The molecule has 2 heterocycles. The third kappa shape index (κ3) is 8.16. The summed E-state index contributed by atoms with van der Waals surface area (Å²) in [6.45, 7) is 5.37. The summed E-state index contributed by atoms with van der Waals surface area (Å²) in [7, 11) is 0. The number of nitrogens with zero attached hydrogens (tertiary/aromatic N) is 4. The molecule has 2 aliphatic rings. The number of carbonyl (C=O) groups is 2. The monoisotopic (exact) mass is 972 g/mol. The quantitative estimate of drug-likeness (QED) is 0.169. The molecule has 4 atom stereocenters. The maximum absolute atomic E-state index is 14.9. The lowest BCUT2D eigenvalue weighted by molar-refractivity contribution is -0.227. The highest BCUT2D eigenvalue weighted by atomic mass is 35.5. The Labute approximate surface area is 390 Å². The minimum Gasteiger partial charge on any atom is -0.364 e. The highest BCUT2D eigenvalue weighted by Gasteiger charge is 2.77. The normalized spacial score (nSPS) is 22.4. The van der Waals surface area contributed by atoms with Crippen LogP contribution >= 0.6 is 46.4 Å². The van der Waals surface area contributed by atoms with Gasteiger partial charge in [-0.25, -0.2) is 9.59 Å². The summed E-state index contributed by atoms with van der Waals surface area (Å²) in [6.07, 6.45) is -9.79. The van der Waals surface area contributed by atoms with E-state index in [0.717, 1.165) is 29.2 Å². The molecule has 2 fully saturated rings. The first-order valence-electron chi connectivity index (χ1n) is 19.7. The second kappa shape index (κ2) is 17.4. The first kappa shape index (κ1) is 47.5. The Morgan fingerprint density at radius 3 is 1.32 bits per heavy atom. The topological polar surface area (TPSA) is 67.3 Å². The smallest absolute Gasteiger partial charge is 0.364 e. The van der Waals surface area contributed by atoms with Gasteiger partial charge in [-0.15, -0.1) is 0 Å². The van der Waals surface area contributed by atoms with Crippen molar-refractivity contribution in [3.63, 3.8) is 0 Å². The van der Waals surface area contributed by atoms with E-state index in [1.165, 1.54) is 95.9 Å². The van der Waals surface area contributed by atoms with Crippen molar-refractivity contribution in [2.75, 3.05) is 19.6 Å². The van der Waals surface area contributed by atoms with E-state index in [1.807, 2.05) is 0 Å². The Morgan fingerprint density at radius 1 is 0.508 bits per heavy atom. The fraction of sp³-hybridized carbons (Fsp3) is 0.208. The number of halogens is 10. The molecule has 0 radical (unpaired) electrons. The van der Waals surface area contributed by atoms with Gasteiger partial charge < -0.3 is 5.11 Å². The summed E-state index contributed by atoms with van der Waals surface area (Å²) < 4.78 is 89.4. The van der Waals surface area contributed by atoms with Crippen molar-refractivity contribution in [3.05, 3.63) is 188 Å². The van der Waals surface area contributed by atoms with Crippen LogP contribution in [-0.2, 0) is 5.72 Å². The number of urea groups is 2. The first-order chi connectivity index (χ1) is 30.4. The van der Waals surface area contributed by atoms with E-state index in [9.17, 15) is 41.0 Å². The Bertz CT molecular complexity index is 2730. The molecule has 2 saturated heterocycles. The Kier molecular flexibility index (Phi) is 12.7. The molecule has 0 spiro atoms. The van der Waals surface area contributed by atoms with Gasteiger partial charge in [0, 0.05) is 48.4 Å². The number of hydrogen-bond acceptors (Lipinski definition) is 3. The molecule has 4 amide bonds. The maximum Gasteiger partial charge on any atom is 0.416 e. The third-order valence-corrected chi connectivity index (χ3v) is 12.8. The highest BCUT2D eigenvalue weighted by Crippen LogP contribution is 2.58. The van der Waals surface area contributed by atoms with Gasteiger partial charge in [0.05, 0.1) is 6.04 Å². The summed E-state index contributed by atoms with van der Waals surface area (Å²) in [5.41, 5.74) is -6.32. The minimum atomic E-state index is -5.04. The summed E-state index contributed by atoms with van der Waals surface area (Å²) >= 11 is 23.8. The largest absolute Gasteiger partial charge is 0.416 e. The summed E-state index contributed by atoms with van der Waals surface area (Å²) in [5, 5.41) is 13.5. The van der Waals surface area contributed by atoms with Gasteiger partial charge in [-0.05, 0) is 130 Å². The Hall–Kier alpha value is -5.44. The molecular weight excluding hydrogens is 936 g/mol. The molecule has 0 bridgehead atoms. The number of alkyl halides is 6. The van der Waals surface area contributed by atoms with E-state index in [4.69, 9.17) is 46.4 Å². The number of aliphatic hydroxyl groups is 1. The number of carbonyl (C=O) groups excluding carboxylic acids is 2. The van der Waals surface area contributed by atoms with Crippen LogP contribution < -0.4 is 19.6 Å². The second-order valence-electron chi connectivity index (χ2n) is 15.9. The molecule has 65 heavy (non-hydrogen) atoms. The van der Waals surface area contributed by atoms with Crippen molar-refractivity contribution in [3.8, 4) is 0 Å². The molecule has 0 aromatic heterocycles. The number of rotatable bonds is 6. The number of amides is 4. The molecule has 7 nitrogen and oxygen atoms in total. The zero-order valence-electron chi connectivity index (χ0n) is 34.8. The lowest BCUT2D eigenvalue weighted by Gasteiger charge is -2.45. The van der Waals surface area contributed by atoms with Gasteiger partial charge in [-0.2, -0.15) is 26.3 Å². The fourth-order valence-electron chi connectivity index (χ4n) is 8.46. The number of aryl methyl sites for hydroxylation is 2. The molecule has 6 aromatic carbocycles. The summed E-state index contributed by atoms with van der Waals surface area (Å²) in [6, 6.07) is 32.7. The number of hydrogen-bond donors (Lipinski definition) is 1. The number of anilines is 4. The molecule has 338 valence electrons. The van der Waals surface area contributed by atoms with Crippen molar-refractivity contribution in [1.29, 1.82) is 0 Å². The van der Waals surface area contributed by atoms with Crippen LogP contribution in [0.3, 0.4) is 0 Å². The average molecular weight is 975 g/mol. The van der Waals surface area contributed by atoms with Crippen LogP contribution in [0.4, 0.5) is 58.7 Å². The van der Waals surface area contributed by atoms with Crippen molar-refractivity contribution >= 4 is 81.2 Å². The van der Waals surface area contributed by atoms with Gasteiger partial charge in [0.1, 0.15) is 0 Å². The molecule has 0 aliphatic carbocycles. The highest BCUT2D eigenvalue weighted by molar-refractivity contribution is 6.31. The van der Waals surface area contributed by atoms with Gasteiger partial charge >= 0.3 is 24.4 Å². The van der Waals surface area contributed by atoms with E-state index in [2.05, 4.69) is 0 Å². The van der Waals surface area contributed by atoms with E-state index in [-0.39, 0.29) is 22.6 Å². The van der Waals surface area contributed by atoms with E-state index in [1.54, 1.807) is 68.4 Å². The van der Waals surface area contributed by atoms with Crippen molar-refractivity contribution in [2.45, 2.75) is 62.9 Å². The van der Waals surface area contributed by atoms with Crippen molar-refractivity contribution < 1.29 is 41.0 Å². The third-order valence-electron chi connectivity index (χ3n) is 11.7. The lowest BCUT2D eigenvalue weighted by atomic mass is 9.80. The fourth-order valence-corrected chi connectivity index (χ4v) is 8.97. The van der Waals surface area contributed by atoms with E-state index < -0.39 is 47.3 Å². The average Bonchev–Trinajstić information content (AvgIpc) is 3.60. The molecule has 8 rings (SSSR count). The van der Waals surface area contributed by atoms with Crippen LogP contribution in [0.15, 0.2) is 146 Å². The Morgan fingerprint density at radius 2 is 0.908 bits per heavy atom. The van der Waals surface area contributed by atoms with Gasteiger partial charge in [-0.1, -0.05) is 106 Å².